The van der Waals surface area contributed by atoms with Gasteiger partial charge in [-0.3, -0.25) is 0 Å². The minimum atomic E-state index is -1.54. The van der Waals surface area contributed by atoms with Crippen molar-refractivity contribution in [2.75, 3.05) is 13.2 Å². The molecule has 8 nitrogen and oxygen atoms in total. The summed E-state index contributed by atoms with van der Waals surface area (Å²) in [4.78, 5) is 24.9. The van der Waals surface area contributed by atoms with E-state index in [4.69, 9.17) is 23.7 Å². The molecule has 0 amide bonds. The molecular formula is C23H24O8. The summed E-state index contributed by atoms with van der Waals surface area (Å²) in [5.74, 6) is -2.13. The van der Waals surface area contributed by atoms with Crippen LogP contribution in [0, 0.1) is 0 Å². The molecule has 2 aliphatic heterocycles. The van der Waals surface area contributed by atoms with Crippen molar-refractivity contribution < 1.29 is 38.4 Å². The van der Waals surface area contributed by atoms with Crippen molar-refractivity contribution in [1.82, 2.24) is 0 Å². The van der Waals surface area contributed by atoms with Gasteiger partial charge in [-0.1, -0.05) is 36.4 Å². The van der Waals surface area contributed by atoms with Crippen LogP contribution in [0.25, 0.3) is 0 Å². The first-order valence-corrected chi connectivity index (χ1v) is 9.96. The first-order chi connectivity index (χ1) is 14.8. The van der Waals surface area contributed by atoms with Crippen LogP contribution in [0.5, 0.6) is 0 Å². The molecule has 0 bridgehead atoms. The lowest BCUT2D eigenvalue weighted by Gasteiger charge is -2.33. The number of rotatable bonds is 6. The van der Waals surface area contributed by atoms with Crippen LogP contribution in [0.3, 0.4) is 0 Å². The Morgan fingerprint density at radius 2 is 1.32 bits per heavy atom. The van der Waals surface area contributed by atoms with E-state index in [1.54, 1.807) is 74.5 Å². The number of aliphatic hydroxyl groups excluding tert-OH is 1. The lowest BCUT2D eigenvalue weighted by Crippen LogP contribution is -2.52. The van der Waals surface area contributed by atoms with Gasteiger partial charge in [0.15, 0.2) is 17.7 Å². The van der Waals surface area contributed by atoms with E-state index in [1.165, 1.54) is 0 Å². The molecule has 0 saturated carbocycles. The Kier molecular flexibility index (Phi) is 5.81. The predicted molar refractivity (Wildman–Crippen MR) is 107 cm³/mol. The second-order valence-electron chi connectivity index (χ2n) is 7.98. The van der Waals surface area contributed by atoms with Gasteiger partial charge in [-0.15, -0.1) is 0 Å². The van der Waals surface area contributed by atoms with Crippen molar-refractivity contribution >= 4 is 11.9 Å². The molecule has 1 N–H and O–H groups in total. The number of benzene rings is 2. The van der Waals surface area contributed by atoms with Gasteiger partial charge < -0.3 is 28.8 Å². The van der Waals surface area contributed by atoms with Gasteiger partial charge in [0.2, 0.25) is 0 Å². The number of aliphatic hydroxyl groups is 1. The van der Waals surface area contributed by atoms with Gasteiger partial charge in [0.05, 0.1) is 11.1 Å². The molecule has 3 atom stereocenters. The van der Waals surface area contributed by atoms with Crippen molar-refractivity contribution in [3.63, 3.8) is 0 Å². The summed E-state index contributed by atoms with van der Waals surface area (Å²) in [6.45, 7) is 2.69. The van der Waals surface area contributed by atoms with Crippen molar-refractivity contribution in [3.8, 4) is 0 Å². The van der Waals surface area contributed by atoms with Gasteiger partial charge in [-0.2, -0.15) is 0 Å². The average molecular weight is 428 g/mol. The molecule has 0 aliphatic carbocycles. The Morgan fingerprint density at radius 1 is 0.839 bits per heavy atom. The Hall–Kier alpha value is -2.78. The van der Waals surface area contributed by atoms with Crippen LogP contribution < -0.4 is 0 Å². The molecule has 1 unspecified atom stereocenters. The fourth-order valence-electron chi connectivity index (χ4n) is 3.63. The first kappa shape index (κ1) is 21.5. The van der Waals surface area contributed by atoms with Crippen molar-refractivity contribution in [2.45, 2.75) is 43.7 Å². The Balaban J connectivity index is 1.50. The molecule has 2 fully saturated rings. The number of esters is 2. The summed E-state index contributed by atoms with van der Waals surface area (Å²) < 4.78 is 28.2. The maximum atomic E-state index is 12.4. The standard InChI is InChI=1S/C23H24O8/c1-22(2)29-17-18(24)23(31-21(17)30-22,13-27-19(25)15-9-5-3-6-10-15)14-28-20(26)16-11-7-4-8-12-16/h3-12,17-18,21,24H,13-14H2,1-2H3/t17?,18-,21-/m0/s1. The predicted octanol–water partition coefficient (Wildman–Crippen LogP) is 2.31. The minimum absolute atomic E-state index is 0.347. The van der Waals surface area contributed by atoms with E-state index >= 15 is 0 Å². The second kappa shape index (κ2) is 8.39. The topological polar surface area (TPSA) is 101 Å². The van der Waals surface area contributed by atoms with E-state index in [9.17, 15) is 14.7 Å². The molecule has 2 aromatic carbocycles. The van der Waals surface area contributed by atoms with Crippen LogP contribution >= 0.6 is 0 Å². The Morgan fingerprint density at radius 3 is 1.77 bits per heavy atom. The van der Waals surface area contributed by atoms with Crippen LogP contribution in [0.15, 0.2) is 60.7 Å². The fraction of sp³-hybridized carbons (Fsp3) is 0.391. The molecule has 164 valence electrons. The SMILES string of the molecule is CC1(C)OC2[C@@H](O1)OC(COC(=O)c1ccccc1)(COC(=O)c1ccccc1)[C@H]2O. The molecule has 2 saturated heterocycles. The van der Waals surface area contributed by atoms with Gasteiger partial charge in [-0.05, 0) is 38.1 Å². The summed E-state index contributed by atoms with van der Waals surface area (Å²) in [5.41, 5.74) is -0.846. The fourth-order valence-corrected chi connectivity index (χ4v) is 3.63. The Labute approximate surface area is 179 Å². The number of fused-ring (bicyclic) bond motifs is 1. The van der Waals surface area contributed by atoms with Crippen LogP contribution in [0.1, 0.15) is 34.6 Å². The largest absolute Gasteiger partial charge is 0.459 e. The highest BCUT2D eigenvalue weighted by molar-refractivity contribution is 5.90. The molecule has 8 heteroatoms. The number of carbonyl (C=O) groups excluding carboxylic acids is 2. The average Bonchev–Trinajstić information content (AvgIpc) is 3.21. The molecule has 0 spiro atoms. The molecule has 31 heavy (non-hydrogen) atoms. The lowest BCUT2D eigenvalue weighted by atomic mass is 9.97. The number of hydrogen-bond donors (Lipinski definition) is 1. The lowest BCUT2D eigenvalue weighted by molar-refractivity contribution is -0.252. The molecule has 2 aromatic rings. The summed E-state index contributed by atoms with van der Waals surface area (Å²) in [6, 6.07) is 16.9. The molecule has 4 rings (SSSR count). The number of ether oxygens (including phenoxy) is 5. The van der Waals surface area contributed by atoms with Crippen LogP contribution in [0.2, 0.25) is 0 Å². The smallest absolute Gasteiger partial charge is 0.338 e. The molecule has 0 radical (unpaired) electrons. The van der Waals surface area contributed by atoms with Gasteiger partial charge in [-0.25, -0.2) is 9.59 Å². The summed E-state index contributed by atoms with van der Waals surface area (Å²) in [5, 5.41) is 11.0. The van der Waals surface area contributed by atoms with Gasteiger partial charge in [0, 0.05) is 0 Å². The van der Waals surface area contributed by atoms with Gasteiger partial charge in [0.25, 0.3) is 0 Å². The highest BCUT2D eigenvalue weighted by Gasteiger charge is 2.62. The number of hydrogen-bond acceptors (Lipinski definition) is 8. The summed E-state index contributed by atoms with van der Waals surface area (Å²) in [7, 11) is 0. The van der Waals surface area contributed by atoms with Crippen LogP contribution in [-0.4, -0.2) is 60.1 Å². The molecule has 0 aromatic heterocycles. The van der Waals surface area contributed by atoms with E-state index in [2.05, 4.69) is 0 Å². The molecule has 2 aliphatic rings. The van der Waals surface area contributed by atoms with E-state index in [-0.39, 0.29) is 13.2 Å². The highest BCUT2D eigenvalue weighted by Crippen LogP contribution is 2.42. The summed E-state index contributed by atoms with van der Waals surface area (Å²) in [6.07, 6.45) is -2.97. The molecule has 2 heterocycles. The first-order valence-electron chi connectivity index (χ1n) is 9.96. The molecular weight excluding hydrogens is 404 g/mol. The maximum absolute atomic E-state index is 12.4. The zero-order valence-corrected chi connectivity index (χ0v) is 17.2. The zero-order valence-electron chi connectivity index (χ0n) is 17.2. The van der Waals surface area contributed by atoms with Gasteiger partial charge in [0.1, 0.15) is 25.4 Å². The van der Waals surface area contributed by atoms with E-state index in [0.717, 1.165) is 0 Å². The third-order valence-corrected chi connectivity index (χ3v) is 5.20. The van der Waals surface area contributed by atoms with Gasteiger partial charge >= 0.3 is 11.9 Å². The third-order valence-electron chi connectivity index (χ3n) is 5.20. The van der Waals surface area contributed by atoms with Crippen molar-refractivity contribution in [1.29, 1.82) is 0 Å². The quantitative estimate of drug-likeness (QED) is 0.700. The van der Waals surface area contributed by atoms with E-state index in [1.807, 2.05) is 0 Å². The third kappa shape index (κ3) is 4.47. The minimum Gasteiger partial charge on any atom is -0.459 e. The normalized spacial score (nSPS) is 25.6. The van der Waals surface area contributed by atoms with Crippen molar-refractivity contribution in [3.05, 3.63) is 71.8 Å². The van der Waals surface area contributed by atoms with Crippen LogP contribution in [-0.2, 0) is 23.7 Å². The Bertz CT molecular complexity index is 872. The van der Waals surface area contributed by atoms with Crippen LogP contribution in [0.4, 0.5) is 0 Å². The summed E-state index contributed by atoms with van der Waals surface area (Å²) >= 11 is 0. The monoisotopic (exact) mass is 428 g/mol. The van der Waals surface area contributed by atoms with E-state index < -0.39 is 41.8 Å². The second-order valence-corrected chi connectivity index (χ2v) is 7.98. The van der Waals surface area contributed by atoms with E-state index in [0.29, 0.717) is 11.1 Å². The number of carbonyl (C=O) groups is 2. The zero-order chi connectivity index (χ0) is 22.1. The van der Waals surface area contributed by atoms with Crippen molar-refractivity contribution in [2.24, 2.45) is 0 Å². The highest BCUT2D eigenvalue weighted by atomic mass is 16.8. The maximum Gasteiger partial charge on any atom is 0.338 e.